The number of halogens is 2. The number of amides is 3. The maximum absolute atomic E-state index is 12.7. The number of imide groups is 1. The van der Waals surface area contributed by atoms with Crippen LogP contribution in [0.5, 0.6) is 23.0 Å². The summed E-state index contributed by atoms with van der Waals surface area (Å²) in [4.78, 5) is 25.4. The third kappa shape index (κ3) is 5.38. The normalized spacial score (nSPS) is 10.4. The number of aryl methyl sites for hydroxylation is 2. The van der Waals surface area contributed by atoms with E-state index in [1.165, 1.54) is 14.2 Å². The van der Waals surface area contributed by atoms with E-state index in [0.29, 0.717) is 38.4 Å². The van der Waals surface area contributed by atoms with Gasteiger partial charge in [0.1, 0.15) is 28.6 Å². The van der Waals surface area contributed by atoms with Crippen molar-refractivity contribution in [1.82, 2.24) is 5.32 Å². The highest BCUT2D eigenvalue weighted by Crippen LogP contribution is 2.40. The van der Waals surface area contributed by atoms with Crippen molar-refractivity contribution in [2.24, 2.45) is 0 Å². The average molecular weight is 503 g/mol. The van der Waals surface area contributed by atoms with Crippen molar-refractivity contribution >= 4 is 40.8 Å². The Morgan fingerprint density at radius 2 is 1.50 bits per heavy atom. The number of urea groups is 1. The Kier molecular flexibility index (Phi) is 7.91. The fourth-order valence-corrected chi connectivity index (χ4v) is 3.85. The van der Waals surface area contributed by atoms with Gasteiger partial charge < -0.3 is 19.5 Å². The first-order chi connectivity index (χ1) is 16.2. The number of carbonyl (C=O) groups is 2. The molecule has 0 aliphatic carbocycles. The van der Waals surface area contributed by atoms with E-state index in [1.54, 1.807) is 56.3 Å². The minimum atomic E-state index is -0.737. The Hall–Kier alpha value is -3.42. The van der Waals surface area contributed by atoms with Crippen molar-refractivity contribution in [3.05, 3.63) is 74.8 Å². The van der Waals surface area contributed by atoms with Gasteiger partial charge in [-0.3, -0.25) is 10.1 Å². The van der Waals surface area contributed by atoms with Crippen LogP contribution in [0, 0.1) is 20.8 Å². The largest absolute Gasteiger partial charge is 0.496 e. The summed E-state index contributed by atoms with van der Waals surface area (Å²) >= 11 is 12.6. The number of carbonyl (C=O) groups excluding carboxylic acids is 2. The number of methoxy groups -OCH3 is 2. The first-order valence-corrected chi connectivity index (χ1v) is 11.0. The van der Waals surface area contributed by atoms with Crippen LogP contribution in [0.1, 0.15) is 27.0 Å². The molecule has 0 aliphatic heterocycles. The van der Waals surface area contributed by atoms with Crippen LogP contribution >= 0.6 is 23.2 Å². The highest BCUT2D eigenvalue weighted by molar-refractivity contribution is 6.33. The van der Waals surface area contributed by atoms with Gasteiger partial charge in [-0.25, -0.2) is 4.79 Å². The van der Waals surface area contributed by atoms with Crippen LogP contribution in [-0.4, -0.2) is 26.2 Å². The Balaban J connectivity index is 1.81. The molecule has 0 fully saturated rings. The molecular weight excluding hydrogens is 479 g/mol. The maximum Gasteiger partial charge on any atom is 0.326 e. The zero-order valence-electron chi connectivity index (χ0n) is 19.3. The lowest BCUT2D eigenvalue weighted by atomic mass is 10.1. The average Bonchev–Trinajstić information content (AvgIpc) is 2.80. The lowest BCUT2D eigenvalue weighted by Crippen LogP contribution is -2.35. The molecule has 0 aromatic heterocycles. The molecule has 3 rings (SSSR count). The molecule has 2 N–H and O–H groups in total. The summed E-state index contributed by atoms with van der Waals surface area (Å²) in [7, 11) is 2.85. The molecule has 7 nitrogen and oxygen atoms in total. The number of rotatable bonds is 6. The molecule has 9 heteroatoms. The predicted octanol–water partition coefficient (Wildman–Crippen LogP) is 6.69. The number of benzene rings is 3. The maximum atomic E-state index is 12.7. The SMILES string of the molecule is COc1cccc(OC)c1C(=O)NC(=O)Nc1cc(C)c(Oc2ccc(Cl)cc2C)c(Cl)c1C. The molecule has 34 heavy (non-hydrogen) atoms. The fourth-order valence-electron chi connectivity index (χ4n) is 3.34. The second-order valence-electron chi connectivity index (χ2n) is 7.47. The number of hydrogen-bond donors (Lipinski definition) is 2. The monoisotopic (exact) mass is 502 g/mol. The topological polar surface area (TPSA) is 85.9 Å². The van der Waals surface area contributed by atoms with Crippen LogP contribution in [0.3, 0.4) is 0 Å². The summed E-state index contributed by atoms with van der Waals surface area (Å²) in [5.41, 5.74) is 2.66. The molecular formula is C25H24Cl2N2O5. The molecule has 0 saturated heterocycles. The van der Waals surface area contributed by atoms with E-state index in [4.69, 9.17) is 37.4 Å². The molecule has 0 bridgehead atoms. The van der Waals surface area contributed by atoms with E-state index in [-0.39, 0.29) is 17.1 Å². The molecule has 0 radical (unpaired) electrons. The van der Waals surface area contributed by atoms with E-state index in [9.17, 15) is 9.59 Å². The molecule has 178 valence electrons. The quantitative estimate of drug-likeness (QED) is 0.392. The van der Waals surface area contributed by atoms with Crippen LogP contribution < -0.4 is 24.8 Å². The lowest BCUT2D eigenvalue weighted by Gasteiger charge is -2.18. The number of nitrogens with one attached hydrogen (secondary N) is 2. The van der Waals surface area contributed by atoms with Crippen LogP contribution in [0.15, 0.2) is 42.5 Å². The van der Waals surface area contributed by atoms with Gasteiger partial charge in [-0.05, 0) is 73.9 Å². The van der Waals surface area contributed by atoms with E-state index >= 15 is 0 Å². The summed E-state index contributed by atoms with van der Waals surface area (Å²) in [6.07, 6.45) is 0. The predicted molar refractivity (Wildman–Crippen MR) is 133 cm³/mol. The molecule has 0 unspecified atom stereocenters. The van der Waals surface area contributed by atoms with Crippen molar-refractivity contribution in [3.8, 4) is 23.0 Å². The third-order valence-electron chi connectivity index (χ3n) is 5.13. The highest BCUT2D eigenvalue weighted by atomic mass is 35.5. The summed E-state index contributed by atoms with van der Waals surface area (Å²) in [5, 5.41) is 5.90. The zero-order chi connectivity index (χ0) is 25.0. The van der Waals surface area contributed by atoms with Crippen LogP contribution in [-0.2, 0) is 0 Å². The Bertz CT molecular complexity index is 1240. The highest BCUT2D eigenvalue weighted by Gasteiger charge is 2.22. The molecule has 3 aromatic rings. The molecule has 0 spiro atoms. The van der Waals surface area contributed by atoms with Gasteiger partial charge in [0.15, 0.2) is 0 Å². The van der Waals surface area contributed by atoms with Gasteiger partial charge in [0.25, 0.3) is 5.91 Å². The Labute approximate surface area is 207 Å². The van der Waals surface area contributed by atoms with Crippen LogP contribution in [0.2, 0.25) is 10.0 Å². The molecule has 0 heterocycles. The summed E-state index contributed by atoms with van der Waals surface area (Å²) in [6, 6.07) is 11.1. The fraction of sp³-hybridized carbons (Fsp3) is 0.200. The zero-order valence-corrected chi connectivity index (χ0v) is 20.9. The van der Waals surface area contributed by atoms with Crippen molar-refractivity contribution in [2.75, 3.05) is 19.5 Å². The van der Waals surface area contributed by atoms with E-state index in [2.05, 4.69) is 10.6 Å². The standard InChI is InChI=1S/C25H24Cl2N2O5/c1-13-11-16(26)9-10-18(13)34-23-14(2)12-17(15(3)22(23)27)28-25(31)29-24(30)21-19(32-4)7-6-8-20(21)33-5/h6-12H,1-5H3,(H2,28,29,30,31). The van der Waals surface area contributed by atoms with Gasteiger partial charge in [-0.1, -0.05) is 29.3 Å². The van der Waals surface area contributed by atoms with Gasteiger partial charge in [0.2, 0.25) is 0 Å². The molecule has 0 saturated carbocycles. The summed E-state index contributed by atoms with van der Waals surface area (Å²) in [5.74, 6) is 0.955. The molecule has 3 aromatic carbocycles. The second kappa shape index (κ2) is 10.7. The van der Waals surface area contributed by atoms with Gasteiger partial charge in [0, 0.05) is 10.7 Å². The van der Waals surface area contributed by atoms with E-state index in [0.717, 1.165) is 5.56 Å². The smallest absolute Gasteiger partial charge is 0.326 e. The number of ether oxygens (including phenoxy) is 3. The minimum absolute atomic E-state index is 0.107. The Morgan fingerprint density at radius 1 is 0.853 bits per heavy atom. The van der Waals surface area contributed by atoms with Crippen LogP contribution in [0.4, 0.5) is 10.5 Å². The third-order valence-corrected chi connectivity index (χ3v) is 5.82. The summed E-state index contributed by atoms with van der Waals surface area (Å²) < 4.78 is 16.5. The van der Waals surface area contributed by atoms with E-state index in [1.807, 2.05) is 6.92 Å². The van der Waals surface area contributed by atoms with Gasteiger partial charge in [0.05, 0.1) is 19.2 Å². The molecule has 0 aliphatic rings. The van der Waals surface area contributed by atoms with E-state index < -0.39 is 11.9 Å². The summed E-state index contributed by atoms with van der Waals surface area (Å²) in [6.45, 7) is 5.43. The van der Waals surface area contributed by atoms with Gasteiger partial charge in [-0.15, -0.1) is 0 Å². The number of hydrogen-bond acceptors (Lipinski definition) is 5. The minimum Gasteiger partial charge on any atom is -0.496 e. The molecule has 3 amide bonds. The van der Waals surface area contributed by atoms with Crippen molar-refractivity contribution in [3.63, 3.8) is 0 Å². The Morgan fingerprint density at radius 3 is 2.09 bits per heavy atom. The molecule has 0 atom stereocenters. The van der Waals surface area contributed by atoms with Crippen LogP contribution in [0.25, 0.3) is 0 Å². The van der Waals surface area contributed by atoms with Crippen molar-refractivity contribution in [1.29, 1.82) is 0 Å². The van der Waals surface area contributed by atoms with Gasteiger partial charge >= 0.3 is 6.03 Å². The first kappa shape index (κ1) is 25.2. The second-order valence-corrected chi connectivity index (χ2v) is 8.28. The van der Waals surface area contributed by atoms with Gasteiger partial charge in [-0.2, -0.15) is 0 Å². The first-order valence-electron chi connectivity index (χ1n) is 10.2. The lowest BCUT2D eigenvalue weighted by molar-refractivity contribution is 0.0961. The van der Waals surface area contributed by atoms with Crippen molar-refractivity contribution < 1.29 is 23.8 Å². The number of anilines is 1. The van der Waals surface area contributed by atoms with Crippen molar-refractivity contribution in [2.45, 2.75) is 20.8 Å².